The fourth-order valence-electron chi connectivity index (χ4n) is 2.35. The van der Waals surface area contributed by atoms with E-state index in [4.69, 9.17) is 0 Å². The molecule has 5 heteroatoms. The van der Waals surface area contributed by atoms with Crippen LogP contribution in [0.5, 0.6) is 0 Å². The maximum atomic E-state index is 12.2. The summed E-state index contributed by atoms with van der Waals surface area (Å²) >= 11 is 6.99. The Morgan fingerprint density at radius 2 is 1.50 bits per heavy atom. The molecule has 0 saturated heterocycles. The summed E-state index contributed by atoms with van der Waals surface area (Å²) in [4.78, 5) is 12.2. The zero-order valence-corrected chi connectivity index (χ0v) is 14.8. The van der Waals surface area contributed by atoms with Gasteiger partial charge < -0.3 is 10.6 Å². The van der Waals surface area contributed by atoms with Crippen LogP contribution >= 0.6 is 31.9 Å². The van der Waals surface area contributed by atoms with E-state index in [0.29, 0.717) is 12.1 Å². The lowest BCUT2D eigenvalue weighted by atomic mass is 10.2. The molecule has 2 aromatic rings. The highest BCUT2D eigenvalue weighted by Gasteiger charge is 2.24. The molecule has 0 spiro atoms. The Balaban J connectivity index is 1.75. The summed E-state index contributed by atoms with van der Waals surface area (Å²) in [6, 6.07) is 15.6. The van der Waals surface area contributed by atoms with Crippen LogP contribution in [0, 0.1) is 0 Å². The molecule has 1 unspecified atom stereocenters. The van der Waals surface area contributed by atoms with Crippen LogP contribution < -0.4 is 10.6 Å². The summed E-state index contributed by atoms with van der Waals surface area (Å²) in [5.74, 6) is 0.111. The van der Waals surface area contributed by atoms with Crippen molar-refractivity contribution in [1.29, 1.82) is 0 Å². The molecule has 0 heterocycles. The molecule has 2 aromatic carbocycles. The van der Waals surface area contributed by atoms with Crippen LogP contribution in [0.25, 0.3) is 0 Å². The average molecular weight is 422 g/mol. The summed E-state index contributed by atoms with van der Waals surface area (Å²) in [5, 5.41) is 6.58. The highest BCUT2D eigenvalue weighted by Crippen LogP contribution is 2.28. The standard InChI is InChI=1S/C17H14Br2N2O/c18-12-5-1-3-7-14(12)20-11-9-16(17(22)10-11)21-15-8-4-2-6-13(15)19/h1-9,11,20-21H,10H2. The number of para-hydroxylation sites is 2. The van der Waals surface area contributed by atoms with E-state index >= 15 is 0 Å². The second-order valence-electron chi connectivity index (χ2n) is 5.04. The van der Waals surface area contributed by atoms with Crippen molar-refractivity contribution in [2.24, 2.45) is 0 Å². The fourth-order valence-corrected chi connectivity index (χ4v) is 3.14. The molecule has 1 atom stereocenters. The van der Waals surface area contributed by atoms with Crippen molar-refractivity contribution in [1.82, 2.24) is 0 Å². The molecule has 3 rings (SSSR count). The van der Waals surface area contributed by atoms with Gasteiger partial charge in [0.05, 0.1) is 17.4 Å². The Bertz CT molecular complexity index is 743. The third kappa shape index (κ3) is 3.42. The first-order valence-corrected chi connectivity index (χ1v) is 8.50. The van der Waals surface area contributed by atoms with Crippen molar-refractivity contribution in [2.45, 2.75) is 12.5 Å². The molecule has 0 aliphatic heterocycles. The number of rotatable bonds is 4. The Kier molecular flexibility index (Phi) is 4.64. The number of carbonyl (C=O) groups excluding carboxylic acids is 1. The molecule has 0 bridgehead atoms. The molecule has 0 fully saturated rings. The number of anilines is 2. The first-order valence-electron chi connectivity index (χ1n) is 6.91. The van der Waals surface area contributed by atoms with Crippen molar-refractivity contribution in [3.8, 4) is 0 Å². The van der Waals surface area contributed by atoms with Gasteiger partial charge >= 0.3 is 0 Å². The first-order chi connectivity index (χ1) is 10.6. The second kappa shape index (κ2) is 6.67. The van der Waals surface area contributed by atoms with E-state index in [1.165, 1.54) is 0 Å². The summed E-state index contributed by atoms with van der Waals surface area (Å²) in [7, 11) is 0. The summed E-state index contributed by atoms with van der Waals surface area (Å²) < 4.78 is 1.92. The Morgan fingerprint density at radius 1 is 0.909 bits per heavy atom. The number of Topliss-reactive ketones (excluding diaryl/α,β-unsaturated/α-hetero) is 1. The number of hydrogen-bond donors (Lipinski definition) is 2. The van der Waals surface area contributed by atoms with Crippen LogP contribution in [0.4, 0.5) is 11.4 Å². The molecule has 1 aliphatic carbocycles. The third-order valence-electron chi connectivity index (χ3n) is 3.43. The molecule has 0 aromatic heterocycles. The van der Waals surface area contributed by atoms with Crippen LogP contribution in [0.2, 0.25) is 0 Å². The third-order valence-corrected chi connectivity index (χ3v) is 4.81. The van der Waals surface area contributed by atoms with Gasteiger partial charge in [0.15, 0.2) is 5.78 Å². The fraction of sp³-hybridized carbons (Fsp3) is 0.118. The number of ketones is 1. The minimum Gasteiger partial charge on any atom is -0.377 e. The largest absolute Gasteiger partial charge is 0.377 e. The molecule has 0 radical (unpaired) electrons. The van der Waals surface area contributed by atoms with Crippen molar-refractivity contribution in [3.05, 3.63) is 69.2 Å². The van der Waals surface area contributed by atoms with Gasteiger partial charge in [0.25, 0.3) is 0 Å². The van der Waals surface area contributed by atoms with Crippen LogP contribution in [0.15, 0.2) is 69.2 Å². The molecule has 112 valence electrons. The van der Waals surface area contributed by atoms with Crippen molar-refractivity contribution in [3.63, 3.8) is 0 Å². The SMILES string of the molecule is O=C1CC(Nc2ccccc2Br)C=C1Nc1ccccc1Br. The minimum absolute atomic E-state index is 0.00353. The predicted molar refractivity (Wildman–Crippen MR) is 97.0 cm³/mol. The number of halogens is 2. The van der Waals surface area contributed by atoms with Crippen LogP contribution in [-0.2, 0) is 4.79 Å². The maximum absolute atomic E-state index is 12.2. The van der Waals surface area contributed by atoms with Crippen LogP contribution in [0.1, 0.15) is 6.42 Å². The average Bonchev–Trinajstić information content (AvgIpc) is 2.84. The molecule has 0 amide bonds. The lowest BCUT2D eigenvalue weighted by Gasteiger charge is -2.12. The van der Waals surface area contributed by atoms with Gasteiger partial charge in [-0.25, -0.2) is 0 Å². The molecule has 0 saturated carbocycles. The van der Waals surface area contributed by atoms with Crippen LogP contribution in [0.3, 0.4) is 0 Å². The van der Waals surface area contributed by atoms with Gasteiger partial charge in [-0.05, 0) is 62.2 Å². The number of carbonyl (C=O) groups is 1. The van der Waals surface area contributed by atoms with E-state index in [1.807, 2.05) is 54.6 Å². The van der Waals surface area contributed by atoms with Crippen LogP contribution in [-0.4, -0.2) is 11.8 Å². The number of allylic oxidation sites excluding steroid dienone is 1. The van der Waals surface area contributed by atoms with E-state index in [-0.39, 0.29) is 11.8 Å². The molecule has 1 aliphatic rings. The number of nitrogens with one attached hydrogen (secondary N) is 2. The van der Waals surface area contributed by atoms with Crippen molar-refractivity contribution in [2.75, 3.05) is 10.6 Å². The van der Waals surface area contributed by atoms with Gasteiger partial charge in [-0.1, -0.05) is 24.3 Å². The Hall–Kier alpha value is -1.59. The minimum atomic E-state index is -0.00353. The monoisotopic (exact) mass is 420 g/mol. The van der Waals surface area contributed by atoms with Gasteiger partial charge in [0.2, 0.25) is 0 Å². The highest BCUT2D eigenvalue weighted by molar-refractivity contribution is 9.11. The van der Waals surface area contributed by atoms with E-state index in [2.05, 4.69) is 42.5 Å². The molecular weight excluding hydrogens is 408 g/mol. The summed E-state index contributed by atoms with van der Waals surface area (Å²) in [5.41, 5.74) is 2.51. The van der Waals surface area contributed by atoms with E-state index < -0.39 is 0 Å². The summed E-state index contributed by atoms with van der Waals surface area (Å²) in [6.07, 6.45) is 2.40. The van der Waals surface area contributed by atoms with Gasteiger partial charge in [0, 0.05) is 21.1 Å². The van der Waals surface area contributed by atoms with E-state index in [0.717, 1.165) is 20.3 Å². The molecular formula is C17H14Br2N2O. The number of hydrogen-bond acceptors (Lipinski definition) is 3. The predicted octanol–water partition coefficient (Wildman–Crippen LogP) is 4.96. The Morgan fingerprint density at radius 3 is 2.14 bits per heavy atom. The first kappa shape index (κ1) is 15.3. The molecule has 22 heavy (non-hydrogen) atoms. The normalized spacial score (nSPS) is 17.3. The molecule has 2 N–H and O–H groups in total. The highest BCUT2D eigenvalue weighted by atomic mass is 79.9. The maximum Gasteiger partial charge on any atom is 0.181 e. The topological polar surface area (TPSA) is 41.1 Å². The lowest BCUT2D eigenvalue weighted by molar-refractivity contribution is -0.114. The van der Waals surface area contributed by atoms with E-state index in [9.17, 15) is 4.79 Å². The molecule has 3 nitrogen and oxygen atoms in total. The summed E-state index contributed by atoms with van der Waals surface area (Å²) in [6.45, 7) is 0. The van der Waals surface area contributed by atoms with Crippen molar-refractivity contribution < 1.29 is 4.79 Å². The van der Waals surface area contributed by atoms with Gasteiger partial charge in [-0.2, -0.15) is 0 Å². The van der Waals surface area contributed by atoms with Gasteiger partial charge in [-0.15, -0.1) is 0 Å². The number of benzene rings is 2. The van der Waals surface area contributed by atoms with E-state index in [1.54, 1.807) is 0 Å². The zero-order chi connectivity index (χ0) is 15.5. The Labute approximate surface area is 146 Å². The van der Waals surface area contributed by atoms with Gasteiger partial charge in [0.1, 0.15) is 0 Å². The quantitative estimate of drug-likeness (QED) is 0.732. The lowest BCUT2D eigenvalue weighted by Crippen LogP contribution is -2.15. The zero-order valence-electron chi connectivity index (χ0n) is 11.6. The van der Waals surface area contributed by atoms with Crippen molar-refractivity contribution >= 4 is 49.0 Å². The smallest absolute Gasteiger partial charge is 0.181 e. The second-order valence-corrected chi connectivity index (χ2v) is 6.75. The van der Waals surface area contributed by atoms with Gasteiger partial charge in [-0.3, -0.25) is 4.79 Å².